The Morgan fingerprint density at radius 3 is 2.33 bits per heavy atom. The smallest absolute Gasteiger partial charge is 0.401 e. The van der Waals surface area contributed by atoms with Crippen LogP contribution < -0.4 is 5.32 Å². The lowest BCUT2D eigenvalue weighted by Gasteiger charge is -2.28. The summed E-state index contributed by atoms with van der Waals surface area (Å²) in [5, 5.41) is 11.4. The molecule has 0 radical (unpaired) electrons. The summed E-state index contributed by atoms with van der Waals surface area (Å²) in [7, 11) is 1.14. The van der Waals surface area contributed by atoms with Gasteiger partial charge in [-0.1, -0.05) is 12.1 Å². The molecule has 0 aliphatic heterocycles. The first-order valence-electron chi connectivity index (χ1n) is 6.34. The minimum absolute atomic E-state index is 0.102. The van der Waals surface area contributed by atoms with E-state index in [0.29, 0.717) is 6.42 Å². The minimum Gasteiger partial charge on any atom is -0.508 e. The fraction of sp³-hybridized carbons (Fsp3) is 0.500. The summed E-state index contributed by atoms with van der Waals surface area (Å²) in [6.45, 7) is 0.110. The molecule has 2 N–H and O–H groups in total. The van der Waals surface area contributed by atoms with Gasteiger partial charge in [0.05, 0.1) is 13.7 Å². The Morgan fingerprint density at radius 2 is 1.86 bits per heavy atom. The van der Waals surface area contributed by atoms with E-state index in [4.69, 9.17) is 0 Å². The lowest BCUT2D eigenvalue weighted by Crippen LogP contribution is -2.53. The molecule has 1 aromatic carbocycles. The molecule has 7 heteroatoms. The number of aryl methyl sites for hydroxylation is 1. The fourth-order valence-corrected chi connectivity index (χ4v) is 1.84. The van der Waals surface area contributed by atoms with Crippen LogP contribution in [-0.2, 0) is 16.0 Å². The Morgan fingerprint density at radius 1 is 1.29 bits per heavy atom. The van der Waals surface area contributed by atoms with Crippen LogP contribution in [0.5, 0.6) is 5.75 Å². The van der Waals surface area contributed by atoms with Crippen molar-refractivity contribution in [2.45, 2.75) is 31.5 Å². The summed E-state index contributed by atoms with van der Waals surface area (Å²) in [5.74, 6) is -0.643. The third kappa shape index (κ3) is 5.63. The number of phenolic OH excluding ortho intramolecular Hbond substituents is 1. The predicted octanol–water partition coefficient (Wildman–Crippen LogP) is 2.41. The molecular formula is C14H18F3NO3. The van der Waals surface area contributed by atoms with Gasteiger partial charge >= 0.3 is 12.1 Å². The molecule has 1 rings (SSSR count). The molecule has 0 saturated heterocycles. The quantitative estimate of drug-likeness (QED) is 0.793. The Bertz CT molecular complexity index is 473. The highest BCUT2D eigenvalue weighted by molar-refractivity contribution is 5.80. The largest absolute Gasteiger partial charge is 0.508 e. The third-order valence-electron chi connectivity index (χ3n) is 3.16. The first-order valence-corrected chi connectivity index (χ1v) is 6.34. The van der Waals surface area contributed by atoms with E-state index in [1.165, 1.54) is 19.1 Å². The van der Waals surface area contributed by atoms with Crippen LogP contribution in [-0.4, -0.2) is 36.4 Å². The van der Waals surface area contributed by atoms with Crippen molar-refractivity contribution in [1.82, 2.24) is 5.32 Å². The van der Waals surface area contributed by atoms with Crippen molar-refractivity contribution in [3.8, 4) is 5.75 Å². The number of alkyl halides is 3. The number of methoxy groups -OCH3 is 1. The first-order chi connectivity index (χ1) is 9.66. The van der Waals surface area contributed by atoms with Crippen molar-refractivity contribution in [2.75, 3.05) is 13.7 Å². The zero-order valence-electron chi connectivity index (χ0n) is 11.8. The number of aromatic hydroxyl groups is 1. The molecule has 0 heterocycles. The molecule has 0 spiro atoms. The molecule has 0 fully saturated rings. The SMILES string of the molecule is COC(=O)C(C)(CCc1ccc(O)cc1)NCC(F)(F)F. The molecule has 118 valence electrons. The lowest BCUT2D eigenvalue weighted by atomic mass is 9.93. The number of benzene rings is 1. The van der Waals surface area contributed by atoms with E-state index < -0.39 is 24.2 Å². The second-order valence-electron chi connectivity index (χ2n) is 4.96. The number of nitrogens with one attached hydrogen (secondary N) is 1. The second kappa shape index (κ2) is 6.80. The zero-order chi connectivity index (χ0) is 16.1. The van der Waals surface area contributed by atoms with Gasteiger partial charge in [-0.3, -0.25) is 10.1 Å². The number of hydrogen-bond acceptors (Lipinski definition) is 4. The highest BCUT2D eigenvalue weighted by Gasteiger charge is 2.38. The van der Waals surface area contributed by atoms with E-state index in [9.17, 15) is 23.1 Å². The Labute approximate surface area is 120 Å². The van der Waals surface area contributed by atoms with Crippen molar-refractivity contribution < 1.29 is 27.8 Å². The van der Waals surface area contributed by atoms with Crippen LogP contribution in [0.2, 0.25) is 0 Å². The van der Waals surface area contributed by atoms with E-state index >= 15 is 0 Å². The molecule has 21 heavy (non-hydrogen) atoms. The Kier molecular flexibility index (Phi) is 5.60. The van der Waals surface area contributed by atoms with Gasteiger partial charge in [-0.2, -0.15) is 13.2 Å². The number of halogens is 3. The van der Waals surface area contributed by atoms with Crippen LogP contribution in [0.3, 0.4) is 0 Å². The van der Waals surface area contributed by atoms with Crippen LogP contribution >= 0.6 is 0 Å². The Balaban J connectivity index is 2.73. The average molecular weight is 305 g/mol. The van der Waals surface area contributed by atoms with Crippen molar-refractivity contribution in [2.24, 2.45) is 0 Å². The van der Waals surface area contributed by atoms with Gasteiger partial charge < -0.3 is 9.84 Å². The Hall–Kier alpha value is -1.76. The minimum atomic E-state index is -4.41. The molecular weight excluding hydrogens is 287 g/mol. The van der Waals surface area contributed by atoms with Crippen molar-refractivity contribution in [3.63, 3.8) is 0 Å². The lowest BCUT2D eigenvalue weighted by molar-refractivity contribution is -0.153. The van der Waals surface area contributed by atoms with Crippen molar-refractivity contribution in [1.29, 1.82) is 0 Å². The average Bonchev–Trinajstić information content (AvgIpc) is 2.43. The highest BCUT2D eigenvalue weighted by atomic mass is 19.4. The molecule has 1 aromatic rings. The van der Waals surface area contributed by atoms with E-state index in [1.54, 1.807) is 12.1 Å². The number of carbonyl (C=O) groups excluding carboxylic acids is 1. The molecule has 0 amide bonds. The number of rotatable bonds is 6. The standard InChI is InChI=1S/C14H18F3NO3/c1-13(12(20)21-2,18-9-14(15,16)17)8-7-10-3-5-11(19)6-4-10/h3-6,18-19H,7-9H2,1-2H3. The van der Waals surface area contributed by atoms with Gasteiger partial charge in [0.2, 0.25) is 0 Å². The maximum Gasteiger partial charge on any atom is 0.401 e. The van der Waals surface area contributed by atoms with E-state index in [1.807, 2.05) is 0 Å². The fourth-order valence-electron chi connectivity index (χ4n) is 1.84. The van der Waals surface area contributed by atoms with Crippen LogP contribution in [0.25, 0.3) is 0 Å². The van der Waals surface area contributed by atoms with Gasteiger partial charge in [-0.05, 0) is 37.5 Å². The molecule has 0 aliphatic carbocycles. The van der Waals surface area contributed by atoms with Gasteiger partial charge in [-0.25, -0.2) is 0 Å². The maximum absolute atomic E-state index is 12.3. The van der Waals surface area contributed by atoms with Gasteiger partial charge in [0, 0.05) is 0 Å². The second-order valence-corrected chi connectivity index (χ2v) is 4.96. The van der Waals surface area contributed by atoms with E-state index in [0.717, 1.165) is 12.7 Å². The van der Waals surface area contributed by atoms with E-state index in [2.05, 4.69) is 10.1 Å². The summed E-state index contributed by atoms with van der Waals surface area (Å²) >= 11 is 0. The number of phenols is 1. The molecule has 0 aromatic heterocycles. The number of carbonyl (C=O) groups is 1. The van der Waals surface area contributed by atoms with Gasteiger partial charge in [0.25, 0.3) is 0 Å². The first kappa shape index (κ1) is 17.3. The number of hydrogen-bond donors (Lipinski definition) is 2. The van der Waals surface area contributed by atoms with Crippen LogP contribution in [0.4, 0.5) is 13.2 Å². The summed E-state index contributed by atoms with van der Waals surface area (Å²) < 4.78 is 41.5. The maximum atomic E-state index is 12.3. The monoisotopic (exact) mass is 305 g/mol. The summed E-state index contributed by atoms with van der Waals surface area (Å²) in [4.78, 5) is 11.7. The normalized spacial score (nSPS) is 14.5. The highest BCUT2D eigenvalue weighted by Crippen LogP contribution is 2.20. The summed E-state index contributed by atoms with van der Waals surface area (Å²) in [6, 6.07) is 6.26. The van der Waals surface area contributed by atoms with Gasteiger partial charge in [-0.15, -0.1) is 0 Å². The summed E-state index contributed by atoms with van der Waals surface area (Å²) in [5.41, 5.74) is -0.626. The molecule has 1 atom stereocenters. The number of ether oxygens (including phenoxy) is 1. The van der Waals surface area contributed by atoms with Crippen LogP contribution in [0.15, 0.2) is 24.3 Å². The van der Waals surface area contributed by atoms with Gasteiger partial charge in [0.15, 0.2) is 0 Å². The summed E-state index contributed by atoms with van der Waals surface area (Å²) in [6.07, 6.45) is -3.90. The molecule has 1 unspecified atom stereocenters. The third-order valence-corrected chi connectivity index (χ3v) is 3.16. The number of esters is 1. The molecule has 0 bridgehead atoms. The van der Waals surface area contributed by atoms with Crippen LogP contribution in [0.1, 0.15) is 18.9 Å². The van der Waals surface area contributed by atoms with Gasteiger partial charge in [0.1, 0.15) is 11.3 Å². The van der Waals surface area contributed by atoms with Crippen LogP contribution in [0, 0.1) is 0 Å². The van der Waals surface area contributed by atoms with Crippen molar-refractivity contribution in [3.05, 3.63) is 29.8 Å². The van der Waals surface area contributed by atoms with E-state index in [-0.39, 0.29) is 12.2 Å². The topological polar surface area (TPSA) is 58.6 Å². The predicted molar refractivity (Wildman–Crippen MR) is 70.9 cm³/mol. The molecule has 0 aliphatic rings. The van der Waals surface area contributed by atoms with Crippen molar-refractivity contribution >= 4 is 5.97 Å². The molecule has 0 saturated carbocycles. The molecule has 4 nitrogen and oxygen atoms in total. The zero-order valence-corrected chi connectivity index (χ0v) is 11.8.